The number of sulfonamides is 1. The fourth-order valence-electron chi connectivity index (χ4n) is 2.95. The number of hydrogen-bond acceptors (Lipinski definition) is 5. The van der Waals surface area contributed by atoms with Crippen LogP contribution in [-0.4, -0.2) is 28.5 Å². The lowest BCUT2D eigenvalue weighted by Crippen LogP contribution is -2.23. The van der Waals surface area contributed by atoms with Gasteiger partial charge in [0.05, 0.1) is 29.2 Å². The van der Waals surface area contributed by atoms with Gasteiger partial charge in [-0.3, -0.25) is 9.52 Å². The highest BCUT2D eigenvalue weighted by molar-refractivity contribution is 7.92. The van der Waals surface area contributed by atoms with E-state index in [0.717, 1.165) is 5.56 Å². The van der Waals surface area contributed by atoms with E-state index in [1.54, 1.807) is 24.3 Å². The van der Waals surface area contributed by atoms with Gasteiger partial charge in [0.15, 0.2) is 11.5 Å². The summed E-state index contributed by atoms with van der Waals surface area (Å²) < 4.78 is 38.4. The number of nitrogens with one attached hydrogen (secondary N) is 2. The molecule has 2 N–H and O–H groups in total. The zero-order valence-corrected chi connectivity index (χ0v) is 19.5. The van der Waals surface area contributed by atoms with Crippen molar-refractivity contribution in [2.75, 3.05) is 18.9 Å². The summed E-state index contributed by atoms with van der Waals surface area (Å²) in [4.78, 5) is 12.6. The van der Waals surface area contributed by atoms with Crippen LogP contribution in [0, 0.1) is 0 Å². The van der Waals surface area contributed by atoms with E-state index in [-0.39, 0.29) is 38.6 Å². The Kier molecular flexibility index (Phi) is 7.50. The van der Waals surface area contributed by atoms with Crippen molar-refractivity contribution in [3.05, 3.63) is 81.8 Å². The topological polar surface area (TPSA) is 93.7 Å². The van der Waals surface area contributed by atoms with Gasteiger partial charge in [-0.1, -0.05) is 41.4 Å². The van der Waals surface area contributed by atoms with Crippen molar-refractivity contribution >= 4 is 44.8 Å². The van der Waals surface area contributed by atoms with E-state index in [9.17, 15) is 13.2 Å². The summed E-state index contributed by atoms with van der Waals surface area (Å²) in [6, 6.07) is 15.5. The maximum absolute atomic E-state index is 12.6. The zero-order chi connectivity index (χ0) is 23.3. The Balaban J connectivity index is 1.74. The molecule has 1 amide bonds. The monoisotopic (exact) mass is 494 g/mol. The van der Waals surface area contributed by atoms with Crippen LogP contribution in [0.15, 0.2) is 65.6 Å². The summed E-state index contributed by atoms with van der Waals surface area (Å²) in [5.41, 5.74) is 1.24. The molecule has 0 bridgehead atoms. The first-order valence-corrected chi connectivity index (χ1v) is 11.5. The molecule has 0 aliphatic heterocycles. The molecule has 0 spiro atoms. The second-order valence-corrected chi connectivity index (χ2v) is 9.09. The summed E-state index contributed by atoms with van der Waals surface area (Å²) >= 11 is 11.8. The lowest BCUT2D eigenvalue weighted by Gasteiger charge is -2.13. The highest BCUT2D eigenvalue weighted by Gasteiger charge is 2.17. The molecule has 32 heavy (non-hydrogen) atoms. The number of amides is 1. The van der Waals surface area contributed by atoms with Crippen molar-refractivity contribution in [2.24, 2.45) is 0 Å². The van der Waals surface area contributed by atoms with E-state index < -0.39 is 10.0 Å². The van der Waals surface area contributed by atoms with Gasteiger partial charge in [0, 0.05) is 23.4 Å². The molecular formula is C22H20Cl2N2O5S. The number of ether oxygens (including phenoxy) is 2. The number of carbonyl (C=O) groups excluding carboxylic acids is 1. The number of methoxy groups -OCH3 is 2. The molecule has 0 fully saturated rings. The molecule has 7 nitrogen and oxygen atoms in total. The first-order chi connectivity index (χ1) is 15.2. The third kappa shape index (κ3) is 5.45. The summed E-state index contributed by atoms with van der Waals surface area (Å²) in [5.74, 6) is 0.696. The molecule has 0 aromatic heterocycles. The smallest absolute Gasteiger partial charge is 0.261 e. The van der Waals surface area contributed by atoms with Gasteiger partial charge in [-0.15, -0.1) is 0 Å². The highest BCUT2D eigenvalue weighted by Crippen LogP contribution is 2.30. The van der Waals surface area contributed by atoms with Crippen LogP contribution in [0.1, 0.15) is 15.9 Å². The molecule has 0 heterocycles. The van der Waals surface area contributed by atoms with E-state index in [2.05, 4.69) is 10.0 Å². The van der Waals surface area contributed by atoms with E-state index in [0.29, 0.717) is 11.5 Å². The quantitative estimate of drug-likeness (QED) is 0.471. The van der Waals surface area contributed by atoms with Crippen molar-refractivity contribution in [3.63, 3.8) is 0 Å². The molecule has 0 saturated carbocycles. The van der Waals surface area contributed by atoms with Gasteiger partial charge in [0.2, 0.25) is 0 Å². The van der Waals surface area contributed by atoms with Crippen molar-refractivity contribution in [2.45, 2.75) is 11.4 Å². The van der Waals surface area contributed by atoms with Gasteiger partial charge in [0.1, 0.15) is 0 Å². The molecule has 3 rings (SSSR count). The molecule has 0 unspecified atom stereocenters. The van der Waals surface area contributed by atoms with Crippen LogP contribution < -0.4 is 19.5 Å². The molecule has 3 aromatic carbocycles. The average Bonchev–Trinajstić information content (AvgIpc) is 2.78. The Bertz CT molecular complexity index is 1250. The average molecular weight is 495 g/mol. The van der Waals surface area contributed by atoms with Crippen molar-refractivity contribution in [3.8, 4) is 11.5 Å². The number of anilines is 1. The summed E-state index contributed by atoms with van der Waals surface area (Å²) in [6.45, 7) is 0.193. The second kappa shape index (κ2) is 10.1. The third-order valence-corrected chi connectivity index (χ3v) is 6.62. The molecule has 0 saturated heterocycles. The number of hydrogen-bond donors (Lipinski definition) is 2. The number of rotatable bonds is 8. The number of carbonyl (C=O) groups is 1. The van der Waals surface area contributed by atoms with Gasteiger partial charge in [-0.25, -0.2) is 8.42 Å². The van der Waals surface area contributed by atoms with E-state index in [1.165, 1.54) is 44.6 Å². The maximum Gasteiger partial charge on any atom is 0.261 e. The van der Waals surface area contributed by atoms with Gasteiger partial charge >= 0.3 is 0 Å². The molecule has 0 aliphatic carbocycles. The van der Waals surface area contributed by atoms with Crippen LogP contribution in [-0.2, 0) is 16.6 Å². The lowest BCUT2D eigenvalue weighted by atomic mass is 10.1. The van der Waals surface area contributed by atoms with Crippen LogP contribution in [0.3, 0.4) is 0 Å². The SMILES string of the molecule is COc1cccc(CNC(=O)c2cccc(NS(=O)(=O)c3ccc(Cl)c(Cl)c3)c2)c1OC. The standard InChI is InChI=1S/C22H20Cl2N2O5S/c1-30-20-8-4-6-15(21(20)31-2)13-25-22(27)14-5-3-7-16(11-14)26-32(28,29)17-9-10-18(23)19(24)12-17/h3-12,26H,13H2,1-2H3,(H,25,27). The summed E-state index contributed by atoms with van der Waals surface area (Å²) in [7, 11) is -0.869. The van der Waals surface area contributed by atoms with E-state index >= 15 is 0 Å². The first kappa shape index (κ1) is 23.7. The minimum absolute atomic E-state index is 0.0492. The van der Waals surface area contributed by atoms with Crippen LogP contribution in [0.2, 0.25) is 10.0 Å². The minimum atomic E-state index is -3.92. The van der Waals surface area contributed by atoms with E-state index in [4.69, 9.17) is 32.7 Å². The molecule has 0 aliphatic rings. The van der Waals surface area contributed by atoms with E-state index in [1.807, 2.05) is 6.07 Å². The zero-order valence-electron chi connectivity index (χ0n) is 17.2. The third-order valence-electron chi connectivity index (χ3n) is 4.50. The van der Waals surface area contributed by atoms with Gasteiger partial charge in [0.25, 0.3) is 15.9 Å². The molecule has 0 atom stereocenters. The molecule has 0 radical (unpaired) electrons. The second-order valence-electron chi connectivity index (χ2n) is 6.60. The Hall–Kier alpha value is -2.94. The number of halogens is 2. The van der Waals surface area contributed by atoms with Crippen molar-refractivity contribution in [1.82, 2.24) is 5.32 Å². The summed E-state index contributed by atoms with van der Waals surface area (Å²) in [6.07, 6.45) is 0. The van der Waals surface area contributed by atoms with Crippen LogP contribution in [0.25, 0.3) is 0 Å². The molecular weight excluding hydrogens is 475 g/mol. The van der Waals surface area contributed by atoms with Crippen LogP contribution in [0.4, 0.5) is 5.69 Å². The van der Waals surface area contributed by atoms with Gasteiger partial charge in [-0.2, -0.15) is 0 Å². The Labute approximate surface area is 196 Å². The number of benzene rings is 3. The number of para-hydroxylation sites is 1. The summed E-state index contributed by atoms with van der Waals surface area (Å²) in [5, 5.41) is 3.16. The Morgan fingerprint density at radius 1 is 0.938 bits per heavy atom. The van der Waals surface area contributed by atoms with Crippen LogP contribution >= 0.6 is 23.2 Å². The van der Waals surface area contributed by atoms with Crippen molar-refractivity contribution in [1.29, 1.82) is 0 Å². The van der Waals surface area contributed by atoms with Crippen LogP contribution in [0.5, 0.6) is 11.5 Å². The largest absolute Gasteiger partial charge is 0.493 e. The lowest BCUT2D eigenvalue weighted by molar-refractivity contribution is 0.0950. The van der Waals surface area contributed by atoms with Gasteiger partial charge < -0.3 is 14.8 Å². The predicted molar refractivity (Wildman–Crippen MR) is 124 cm³/mol. The normalized spacial score (nSPS) is 11.0. The fraction of sp³-hybridized carbons (Fsp3) is 0.136. The fourth-order valence-corrected chi connectivity index (χ4v) is 4.39. The maximum atomic E-state index is 12.6. The Morgan fingerprint density at radius 2 is 1.69 bits per heavy atom. The minimum Gasteiger partial charge on any atom is -0.493 e. The molecule has 3 aromatic rings. The first-order valence-electron chi connectivity index (χ1n) is 9.31. The molecule has 10 heteroatoms. The Morgan fingerprint density at radius 3 is 2.38 bits per heavy atom. The predicted octanol–water partition coefficient (Wildman–Crippen LogP) is 4.74. The van der Waals surface area contributed by atoms with Crippen molar-refractivity contribution < 1.29 is 22.7 Å². The van der Waals surface area contributed by atoms with Gasteiger partial charge in [-0.05, 0) is 42.5 Å². The highest BCUT2D eigenvalue weighted by atomic mass is 35.5. The molecule has 168 valence electrons.